The zero-order valence-electron chi connectivity index (χ0n) is 13.0. The van der Waals surface area contributed by atoms with Crippen molar-refractivity contribution in [2.45, 2.75) is 23.0 Å². The Kier molecular flexibility index (Phi) is 5.53. The summed E-state index contributed by atoms with van der Waals surface area (Å²) >= 11 is 8.89. The van der Waals surface area contributed by atoms with Gasteiger partial charge in [0.25, 0.3) is 5.56 Å². The number of nitrogens with one attached hydrogen (secondary N) is 1. The summed E-state index contributed by atoms with van der Waals surface area (Å²) in [5, 5.41) is 4.04. The molecule has 126 valence electrons. The number of amides is 1. The normalized spacial score (nSPS) is 12.9. The fourth-order valence-corrected chi connectivity index (χ4v) is 4.40. The van der Waals surface area contributed by atoms with Crippen molar-refractivity contribution >= 4 is 41.0 Å². The van der Waals surface area contributed by atoms with Crippen LogP contribution in [0, 0.1) is 0 Å². The number of hydrogen-bond donors (Lipinski definition) is 1. The highest BCUT2D eigenvalue weighted by atomic mass is 35.5. The highest BCUT2D eigenvalue weighted by Crippen LogP contribution is 2.28. The van der Waals surface area contributed by atoms with Crippen LogP contribution < -0.4 is 10.9 Å². The molecule has 5 nitrogen and oxygen atoms in total. The third-order valence-electron chi connectivity index (χ3n) is 3.63. The predicted octanol–water partition coefficient (Wildman–Crippen LogP) is 2.49. The number of aromatic nitrogens is 2. The summed E-state index contributed by atoms with van der Waals surface area (Å²) in [6, 6.07) is 7.39. The summed E-state index contributed by atoms with van der Waals surface area (Å²) in [6.07, 6.45) is 0.808. The molecule has 1 aliphatic rings. The minimum absolute atomic E-state index is 0.0264. The largest absolute Gasteiger partial charge is 0.351 e. The van der Waals surface area contributed by atoms with E-state index in [2.05, 4.69) is 10.3 Å². The first kappa shape index (κ1) is 17.4. The van der Waals surface area contributed by atoms with Gasteiger partial charge in [-0.05, 0) is 11.6 Å². The molecule has 2 heterocycles. The van der Waals surface area contributed by atoms with Gasteiger partial charge in [-0.25, -0.2) is 4.98 Å². The van der Waals surface area contributed by atoms with Crippen LogP contribution in [0.15, 0.2) is 39.1 Å². The number of fused-ring (bicyclic) bond motifs is 1. The molecule has 0 bridgehead atoms. The van der Waals surface area contributed by atoms with Gasteiger partial charge in [-0.1, -0.05) is 41.6 Å². The lowest BCUT2D eigenvalue weighted by atomic mass is 10.2. The van der Waals surface area contributed by atoms with Gasteiger partial charge in [0.15, 0.2) is 5.16 Å². The number of carbonyl (C=O) groups is 1. The Morgan fingerprint density at radius 2 is 2.25 bits per heavy atom. The number of benzene rings is 1. The second kappa shape index (κ2) is 7.63. The van der Waals surface area contributed by atoms with Crippen molar-refractivity contribution in [1.82, 2.24) is 14.9 Å². The van der Waals surface area contributed by atoms with Crippen molar-refractivity contribution in [3.8, 4) is 0 Å². The van der Waals surface area contributed by atoms with Crippen molar-refractivity contribution in [3.05, 3.63) is 50.9 Å². The molecule has 1 N–H and O–H groups in total. The topological polar surface area (TPSA) is 64.0 Å². The fraction of sp³-hybridized carbons (Fsp3) is 0.312. The Morgan fingerprint density at radius 1 is 1.46 bits per heavy atom. The van der Waals surface area contributed by atoms with Crippen molar-refractivity contribution < 1.29 is 4.79 Å². The lowest BCUT2D eigenvalue weighted by Gasteiger charge is -2.10. The lowest BCUT2D eigenvalue weighted by Crippen LogP contribution is -2.26. The van der Waals surface area contributed by atoms with Crippen LogP contribution in [0.25, 0.3) is 0 Å². The second-order valence-electron chi connectivity index (χ2n) is 5.29. The smallest absolute Gasteiger partial charge is 0.267 e. The number of halogens is 1. The van der Waals surface area contributed by atoms with Crippen LogP contribution in [-0.4, -0.2) is 27.0 Å². The molecule has 0 saturated carbocycles. The highest BCUT2D eigenvalue weighted by Gasteiger charge is 2.20. The van der Waals surface area contributed by atoms with E-state index < -0.39 is 0 Å². The number of carbonyl (C=O) groups excluding carboxylic acids is 1. The van der Waals surface area contributed by atoms with Crippen molar-refractivity contribution in [2.24, 2.45) is 7.05 Å². The zero-order valence-corrected chi connectivity index (χ0v) is 15.4. The van der Waals surface area contributed by atoms with Gasteiger partial charge in [-0.2, -0.15) is 0 Å². The predicted molar refractivity (Wildman–Crippen MR) is 97.9 cm³/mol. The maximum Gasteiger partial charge on any atom is 0.267 e. The van der Waals surface area contributed by atoms with E-state index in [1.165, 1.54) is 16.3 Å². The van der Waals surface area contributed by atoms with Crippen LogP contribution in [-0.2, 0) is 24.8 Å². The van der Waals surface area contributed by atoms with E-state index in [-0.39, 0.29) is 17.2 Å². The summed E-state index contributed by atoms with van der Waals surface area (Å²) < 4.78 is 1.52. The van der Waals surface area contributed by atoms with Crippen LogP contribution in [0.1, 0.15) is 11.3 Å². The Balaban J connectivity index is 1.60. The number of nitrogens with zero attached hydrogens (tertiary/aromatic N) is 2. The monoisotopic (exact) mass is 381 g/mol. The molecule has 1 aromatic heterocycles. The molecule has 8 heteroatoms. The van der Waals surface area contributed by atoms with E-state index in [9.17, 15) is 9.59 Å². The van der Waals surface area contributed by atoms with E-state index in [4.69, 9.17) is 11.6 Å². The molecule has 1 aromatic carbocycles. The molecule has 0 spiro atoms. The lowest BCUT2D eigenvalue weighted by molar-refractivity contribution is -0.118. The van der Waals surface area contributed by atoms with E-state index >= 15 is 0 Å². The maximum absolute atomic E-state index is 12.2. The summed E-state index contributed by atoms with van der Waals surface area (Å²) in [6.45, 7) is 0.381. The Labute approximate surface area is 153 Å². The van der Waals surface area contributed by atoms with Gasteiger partial charge in [-0.15, -0.1) is 11.8 Å². The molecule has 0 saturated heterocycles. The van der Waals surface area contributed by atoms with E-state index in [1.54, 1.807) is 24.9 Å². The van der Waals surface area contributed by atoms with Crippen LogP contribution in [0.5, 0.6) is 0 Å². The molecular formula is C16H16ClN3O2S2. The summed E-state index contributed by atoms with van der Waals surface area (Å²) in [5.41, 5.74) is 1.70. The summed E-state index contributed by atoms with van der Waals surface area (Å²) in [4.78, 5) is 29.5. The molecule has 1 aliphatic heterocycles. The van der Waals surface area contributed by atoms with Crippen molar-refractivity contribution in [3.63, 3.8) is 0 Å². The van der Waals surface area contributed by atoms with Gasteiger partial charge in [0.2, 0.25) is 5.91 Å². The van der Waals surface area contributed by atoms with Crippen molar-refractivity contribution in [1.29, 1.82) is 0 Å². The van der Waals surface area contributed by atoms with Crippen LogP contribution >= 0.6 is 35.1 Å². The minimum Gasteiger partial charge on any atom is -0.351 e. The van der Waals surface area contributed by atoms with Gasteiger partial charge in [0.1, 0.15) is 0 Å². The SMILES string of the molecule is Cn1c(SCC(=O)NCc2ccccc2Cl)nc2c(c1=O)SCC2. The molecule has 2 aromatic rings. The van der Waals surface area contributed by atoms with Crippen molar-refractivity contribution in [2.75, 3.05) is 11.5 Å². The van der Waals surface area contributed by atoms with E-state index in [0.717, 1.165) is 28.3 Å². The van der Waals surface area contributed by atoms with Gasteiger partial charge in [-0.3, -0.25) is 14.2 Å². The third-order valence-corrected chi connectivity index (χ3v) is 6.14. The molecule has 24 heavy (non-hydrogen) atoms. The first-order valence-electron chi connectivity index (χ1n) is 7.42. The molecule has 3 rings (SSSR count). The van der Waals surface area contributed by atoms with Gasteiger partial charge >= 0.3 is 0 Å². The third kappa shape index (κ3) is 3.79. The standard InChI is InChI=1S/C16H16ClN3O2S2/c1-20-15(22)14-12(6-7-23-14)19-16(20)24-9-13(21)18-8-10-4-2-3-5-11(10)17/h2-5H,6-9H2,1H3,(H,18,21). The number of hydrogen-bond acceptors (Lipinski definition) is 5. The molecule has 1 amide bonds. The Hall–Kier alpha value is -1.44. The molecular weight excluding hydrogens is 366 g/mol. The van der Waals surface area contributed by atoms with E-state index in [0.29, 0.717) is 16.7 Å². The number of aryl methyl sites for hydroxylation is 1. The fourth-order valence-electron chi connectivity index (χ4n) is 2.31. The average molecular weight is 382 g/mol. The van der Waals surface area contributed by atoms with Crippen LogP contribution in [0.3, 0.4) is 0 Å². The van der Waals surface area contributed by atoms with Gasteiger partial charge in [0.05, 0.1) is 16.3 Å². The average Bonchev–Trinajstić information content (AvgIpc) is 3.04. The molecule has 0 atom stereocenters. The molecule has 0 fully saturated rings. The van der Waals surface area contributed by atoms with Crippen LogP contribution in [0.2, 0.25) is 5.02 Å². The quantitative estimate of drug-likeness (QED) is 0.636. The maximum atomic E-state index is 12.2. The zero-order chi connectivity index (χ0) is 17.1. The molecule has 0 unspecified atom stereocenters. The highest BCUT2D eigenvalue weighted by molar-refractivity contribution is 8.00. The van der Waals surface area contributed by atoms with Gasteiger partial charge < -0.3 is 5.32 Å². The first-order valence-corrected chi connectivity index (χ1v) is 9.77. The van der Waals surface area contributed by atoms with E-state index in [1.807, 2.05) is 18.2 Å². The Bertz CT molecular complexity index is 839. The van der Waals surface area contributed by atoms with Gasteiger partial charge in [0, 0.05) is 30.8 Å². The molecule has 0 aliphatic carbocycles. The Morgan fingerprint density at radius 3 is 3.04 bits per heavy atom. The number of rotatable bonds is 5. The first-order chi connectivity index (χ1) is 11.6. The summed E-state index contributed by atoms with van der Waals surface area (Å²) in [7, 11) is 1.69. The number of thioether (sulfide) groups is 2. The summed E-state index contributed by atoms with van der Waals surface area (Å²) in [5.74, 6) is 0.977. The second-order valence-corrected chi connectivity index (χ2v) is 7.74. The van der Waals surface area contributed by atoms with Crippen LogP contribution in [0.4, 0.5) is 0 Å². The molecule has 0 radical (unpaired) electrons. The minimum atomic E-state index is -0.121.